The highest BCUT2D eigenvalue weighted by Crippen LogP contribution is 2.27. The summed E-state index contributed by atoms with van der Waals surface area (Å²) in [5.41, 5.74) is 1.18. The first-order valence-corrected chi connectivity index (χ1v) is 8.09. The van der Waals surface area contributed by atoms with Crippen LogP contribution in [0.4, 0.5) is 15.9 Å². The molecule has 8 heteroatoms. The molecular formula is C17H19FN4O3. The molecule has 7 nitrogen and oxygen atoms in total. The number of nitrogens with zero attached hydrogens (tertiary/aromatic N) is 3. The lowest BCUT2D eigenvalue weighted by Crippen LogP contribution is -2.39. The summed E-state index contributed by atoms with van der Waals surface area (Å²) in [4.78, 5) is 17.4. The van der Waals surface area contributed by atoms with E-state index in [1.165, 1.54) is 18.2 Å². The molecule has 0 radical (unpaired) electrons. The van der Waals surface area contributed by atoms with Gasteiger partial charge in [0.1, 0.15) is 5.82 Å². The number of anilines is 1. The summed E-state index contributed by atoms with van der Waals surface area (Å²) >= 11 is 0. The molecule has 2 aromatic rings. The van der Waals surface area contributed by atoms with Crippen LogP contribution in [0.1, 0.15) is 0 Å². The summed E-state index contributed by atoms with van der Waals surface area (Å²) in [6.07, 6.45) is 0. The highest BCUT2D eigenvalue weighted by molar-refractivity contribution is 5.66. The van der Waals surface area contributed by atoms with E-state index >= 15 is 0 Å². The molecule has 1 aliphatic heterocycles. The van der Waals surface area contributed by atoms with Crippen LogP contribution in [-0.4, -0.2) is 54.2 Å². The molecule has 3 rings (SSSR count). The van der Waals surface area contributed by atoms with Gasteiger partial charge in [0.25, 0.3) is 0 Å². The van der Waals surface area contributed by atoms with Crippen molar-refractivity contribution in [3.05, 3.63) is 52.3 Å². The Kier molecular flexibility index (Phi) is 5.52. The van der Waals surface area contributed by atoms with Gasteiger partial charge in [-0.15, -0.1) is 0 Å². The molecule has 0 bridgehead atoms. The Morgan fingerprint density at radius 3 is 2.60 bits per heavy atom. The summed E-state index contributed by atoms with van der Waals surface area (Å²) in [7, 11) is 0. The number of nitro groups is 1. The summed E-state index contributed by atoms with van der Waals surface area (Å²) < 4.78 is 18.4. The van der Waals surface area contributed by atoms with Crippen LogP contribution in [0.2, 0.25) is 0 Å². The highest BCUT2D eigenvalue weighted by Gasteiger charge is 2.17. The Morgan fingerprint density at radius 1 is 1.20 bits per heavy atom. The van der Waals surface area contributed by atoms with E-state index in [0.717, 1.165) is 19.6 Å². The molecule has 0 saturated carbocycles. The minimum atomic E-state index is -0.460. The zero-order valence-corrected chi connectivity index (χ0v) is 13.7. The van der Waals surface area contributed by atoms with Crippen LogP contribution in [0.15, 0.2) is 36.4 Å². The lowest BCUT2D eigenvalue weighted by atomic mass is 10.1. The van der Waals surface area contributed by atoms with Crippen LogP contribution in [0.5, 0.6) is 0 Å². The molecule has 1 aromatic carbocycles. The van der Waals surface area contributed by atoms with E-state index in [1.807, 2.05) is 0 Å². The standard InChI is InChI=1S/C17H19FN4O3/c18-14-3-1-13(2-4-14)15-5-6-16(22(23)24)17(20-15)19-7-8-21-9-11-25-12-10-21/h1-6H,7-12H2,(H,19,20). The minimum absolute atomic E-state index is 0.0761. The fraction of sp³-hybridized carbons (Fsp3) is 0.353. The van der Waals surface area contributed by atoms with Gasteiger partial charge in [-0.05, 0) is 30.3 Å². The minimum Gasteiger partial charge on any atom is -0.379 e. The van der Waals surface area contributed by atoms with Gasteiger partial charge in [0.15, 0.2) is 0 Å². The molecule has 1 aromatic heterocycles. The van der Waals surface area contributed by atoms with Crippen molar-refractivity contribution in [1.29, 1.82) is 0 Å². The van der Waals surface area contributed by atoms with E-state index < -0.39 is 4.92 Å². The van der Waals surface area contributed by atoms with Crippen LogP contribution in [0.25, 0.3) is 11.3 Å². The van der Waals surface area contributed by atoms with Crippen molar-refractivity contribution < 1.29 is 14.1 Å². The summed E-state index contributed by atoms with van der Waals surface area (Å²) in [6.45, 7) is 4.42. The molecule has 0 amide bonds. The lowest BCUT2D eigenvalue weighted by molar-refractivity contribution is -0.384. The van der Waals surface area contributed by atoms with E-state index in [2.05, 4.69) is 15.2 Å². The third kappa shape index (κ3) is 4.49. The van der Waals surface area contributed by atoms with E-state index in [9.17, 15) is 14.5 Å². The molecule has 132 valence electrons. The Labute approximate surface area is 144 Å². The second kappa shape index (κ2) is 8.00. The fourth-order valence-electron chi connectivity index (χ4n) is 2.67. The number of benzene rings is 1. The summed E-state index contributed by atoms with van der Waals surface area (Å²) in [6, 6.07) is 8.86. The van der Waals surface area contributed by atoms with Crippen molar-refractivity contribution in [2.75, 3.05) is 44.7 Å². The predicted molar refractivity (Wildman–Crippen MR) is 92.0 cm³/mol. The van der Waals surface area contributed by atoms with Gasteiger partial charge < -0.3 is 10.1 Å². The number of hydrogen-bond donors (Lipinski definition) is 1. The Morgan fingerprint density at radius 2 is 1.92 bits per heavy atom. The van der Waals surface area contributed by atoms with E-state index in [4.69, 9.17) is 4.74 Å². The van der Waals surface area contributed by atoms with Gasteiger partial charge >= 0.3 is 5.69 Å². The molecular weight excluding hydrogens is 327 g/mol. The maximum absolute atomic E-state index is 13.1. The second-order valence-corrected chi connectivity index (χ2v) is 5.71. The van der Waals surface area contributed by atoms with Crippen molar-refractivity contribution >= 4 is 11.5 Å². The Balaban J connectivity index is 1.74. The number of ether oxygens (including phenoxy) is 1. The number of morpholine rings is 1. The average Bonchev–Trinajstić information content (AvgIpc) is 2.63. The molecule has 1 saturated heterocycles. The van der Waals surface area contributed by atoms with Crippen LogP contribution < -0.4 is 5.32 Å². The second-order valence-electron chi connectivity index (χ2n) is 5.71. The van der Waals surface area contributed by atoms with Crippen molar-refractivity contribution in [2.45, 2.75) is 0 Å². The largest absolute Gasteiger partial charge is 0.379 e. The van der Waals surface area contributed by atoms with Crippen LogP contribution in [0, 0.1) is 15.9 Å². The topological polar surface area (TPSA) is 80.5 Å². The van der Waals surface area contributed by atoms with Crippen molar-refractivity contribution in [2.24, 2.45) is 0 Å². The predicted octanol–water partition coefficient (Wildman–Crippen LogP) is 2.54. The fourth-order valence-corrected chi connectivity index (χ4v) is 2.67. The SMILES string of the molecule is O=[N+]([O-])c1ccc(-c2ccc(F)cc2)nc1NCCN1CCOCC1. The first kappa shape index (κ1) is 17.2. The number of nitrogens with one attached hydrogen (secondary N) is 1. The number of hydrogen-bond acceptors (Lipinski definition) is 6. The molecule has 1 aliphatic rings. The zero-order valence-electron chi connectivity index (χ0n) is 13.7. The monoisotopic (exact) mass is 346 g/mol. The summed E-state index contributed by atoms with van der Waals surface area (Å²) in [5.74, 6) is -0.116. The van der Waals surface area contributed by atoms with E-state index in [1.54, 1.807) is 18.2 Å². The smallest absolute Gasteiger partial charge is 0.311 e. The van der Waals surface area contributed by atoms with Crippen LogP contribution in [0.3, 0.4) is 0 Å². The van der Waals surface area contributed by atoms with Crippen LogP contribution in [-0.2, 0) is 4.74 Å². The first-order chi connectivity index (χ1) is 12.1. The average molecular weight is 346 g/mol. The molecule has 0 atom stereocenters. The molecule has 0 aliphatic carbocycles. The molecule has 1 N–H and O–H groups in total. The van der Waals surface area contributed by atoms with E-state index in [0.29, 0.717) is 31.0 Å². The third-order valence-electron chi connectivity index (χ3n) is 4.03. The van der Waals surface area contributed by atoms with Crippen LogP contribution >= 0.6 is 0 Å². The number of aromatic nitrogens is 1. The third-order valence-corrected chi connectivity index (χ3v) is 4.03. The lowest BCUT2D eigenvalue weighted by Gasteiger charge is -2.26. The molecule has 25 heavy (non-hydrogen) atoms. The Hall–Kier alpha value is -2.58. The van der Waals surface area contributed by atoms with Crippen molar-refractivity contribution in [3.8, 4) is 11.3 Å². The van der Waals surface area contributed by atoms with Gasteiger partial charge in [-0.2, -0.15) is 0 Å². The molecule has 0 spiro atoms. The van der Waals surface area contributed by atoms with Crippen molar-refractivity contribution in [3.63, 3.8) is 0 Å². The number of rotatable bonds is 6. The van der Waals surface area contributed by atoms with Gasteiger partial charge in [0, 0.05) is 37.8 Å². The van der Waals surface area contributed by atoms with Gasteiger partial charge in [-0.25, -0.2) is 9.37 Å². The number of halogens is 1. The quantitative estimate of drug-likeness (QED) is 0.639. The van der Waals surface area contributed by atoms with Gasteiger partial charge in [-0.3, -0.25) is 15.0 Å². The maximum Gasteiger partial charge on any atom is 0.311 e. The molecule has 1 fully saturated rings. The first-order valence-electron chi connectivity index (χ1n) is 8.09. The Bertz CT molecular complexity index is 733. The van der Waals surface area contributed by atoms with Gasteiger partial charge in [-0.1, -0.05) is 0 Å². The van der Waals surface area contributed by atoms with Gasteiger partial charge in [0.2, 0.25) is 5.82 Å². The van der Waals surface area contributed by atoms with Gasteiger partial charge in [0.05, 0.1) is 23.8 Å². The summed E-state index contributed by atoms with van der Waals surface area (Å²) in [5, 5.41) is 14.3. The van der Waals surface area contributed by atoms with E-state index in [-0.39, 0.29) is 17.3 Å². The molecule has 2 heterocycles. The molecule has 0 unspecified atom stereocenters. The normalized spacial score (nSPS) is 15.1. The van der Waals surface area contributed by atoms with Crippen molar-refractivity contribution in [1.82, 2.24) is 9.88 Å². The highest BCUT2D eigenvalue weighted by atomic mass is 19.1. The zero-order chi connectivity index (χ0) is 17.6. The maximum atomic E-state index is 13.1. The number of pyridine rings is 1.